The zero-order valence-corrected chi connectivity index (χ0v) is 18.0. The number of carbonyl (C=O) groups excluding carboxylic acids is 1. The van der Waals surface area contributed by atoms with Gasteiger partial charge in [-0.3, -0.25) is 9.80 Å². The van der Waals surface area contributed by atoms with Gasteiger partial charge in [-0.05, 0) is 24.0 Å². The second-order valence-corrected chi connectivity index (χ2v) is 7.17. The number of hydrogen-bond donors (Lipinski definition) is 1. The number of alkyl halides is 1. The van der Waals surface area contributed by atoms with Crippen molar-refractivity contribution in [1.82, 2.24) is 10.3 Å². The number of rotatable bonds is 11. The highest BCUT2D eigenvalue weighted by molar-refractivity contribution is 9.11. The van der Waals surface area contributed by atoms with Crippen molar-refractivity contribution in [2.45, 2.75) is 20.3 Å². The molecule has 1 N–H and O–H groups in total. The van der Waals surface area contributed by atoms with Crippen LogP contribution < -0.4 is 5.32 Å². The molecule has 1 unspecified atom stereocenters. The molecule has 1 amide bonds. The Morgan fingerprint density at radius 2 is 2.04 bits per heavy atom. The predicted octanol–water partition coefficient (Wildman–Crippen LogP) is 5.43. The van der Waals surface area contributed by atoms with Crippen LogP contribution in [0.1, 0.15) is 25.8 Å². The summed E-state index contributed by atoms with van der Waals surface area (Å²) in [6, 6.07) is 9.29. The number of nitrogens with zero attached hydrogens (tertiary/aromatic N) is 2. The minimum atomic E-state index is -0.820. The van der Waals surface area contributed by atoms with Gasteiger partial charge in [0.25, 0.3) is 0 Å². The minimum absolute atomic E-state index is 0.0587. The smallest absolute Gasteiger partial charge is 0.245 e. The number of halogens is 2. The maximum atomic E-state index is 13.8. The van der Waals surface area contributed by atoms with Gasteiger partial charge in [-0.1, -0.05) is 79.3 Å². The zero-order valence-electron chi connectivity index (χ0n) is 16.4. The molecule has 6 heteroatoms. The fourth-order valence-electron chi connectivity index (χ4n) is 2.15. The molecule has 4 nitrogen and oxygen atoms in total. The lowest BCUT2D eigenvalue weighted by Gasteiger charge is -2.16. The van der Waals surface area contributed by atoms with E-state index in [1.807, 2.05) is 37.3 Å². The lowest BCUT2D eigenvalue weighted by Crippen LogP contribution is -2.33. The van der Waals surface area contributed by atoms with E-state index in [-0.39, 0.29) is 18.1 Å². The van der Waals surface area contributed by atoms with Crippen LogP contribution in [0, 0.1) is 5.92 Å². The first kappa shape index (κ1) is 23.6. The largest absolute Gasteiger partial charge is 0.325 e. The van der Waals surface area contributed by atoms with Gasteiger partial charge in [0.1, 0.15) is 13.2 Å². The highest BCUT2D eigenvalue weighted by Gasteiger charge is 2.13. The van der Waals surface area contributed by atoms with Crippen molar-refractivity contribution in [3.63, 3.8) is 0 Å². The van der Waals surface area contributed by atoms with Crippen molar-refractivity contribution >= 4 is 33.6 Å². The van der Waals surface area contributed by atoms with Crippen LogP contribution in [0.3, 0.4) is 0 Å². The molecule has 0 aromatic heterocycles. The van der Waals surface area contributed by atoms with Crippen molar-refractivity contribution < 1.29 is 9.18 Å². The molecule has 0 aliphatic rings. The molecule has 0 aliphatic carbocycles. The number of hydrazone groups is 1. The standard InChI is InChI=1S/C22H27BrFN3O/c1-5-17(3)15-25-27(6-2)16-22(28)26-21(14-24)20(13-12-18(4)23)19-10-8-7-9-11-19/h6-13,15,17H,2,4-5,14,16H2,1,3H3,(H,26,28)/b13-12-,21-20-,25-15-. The summed E-state index contributed by atoms with van der Waals surface area (Å²) in [5.41, 5.74) is 1.54. The maximum absolute atomic E-state index is 13.8. The molecular formula is C22H27BrFN3O. The normalized spacial score (nSPS) is 13.3. The van der Waals surface area contributed by atoms with Crippen LogP contribution in [0.5, 0.6) is 0 Å². The maximum Gasteiger partial charge on any atom is 0.245 e. The highest BCUT2D eigenvalue weighted by Crippen LogP contribution is 2.21. The number of allylic oxidation sites excluding steroid dienone is 5. The zero-order chi connectivity index (χ0) is 20.9. The first-order valence-electron chi connectivity index (χ1n) is 9.01. The van der Waals surface area contributed by atoms with Gasteiger partial charge >= 0.3 is 0 Å². The van der Waals surface area contributed by atoms with Crippen molar-refractivity contribution in [2.24, 2.45) is 11.0 Å². The van der Waals surface area contributed by atoms with Crippen molar-refractivity contribution in [1.29, 1.82) is 0 Å². The Hall–Kier alpha value is -2.47. The van der Waals surface area contributed by atoms with Crippen LogP contribution in [0.25, 0.3) is 5.57 Å². The summed E-state index contributed by atoms with van der Waals surface area (Å²) in [4.78, 5) is 12.4. The van der Waals surface area contributed by atoms with Gasteiger partial charge in [-0.15, -0.1) is 0 Å². The van der Waals surface area contributed by atoms with Gasteiger partial charge in [-0.25, -0.2) is 4.39 Å². The first-order chi connectivity index (χ1) is 13.4. The molecule has 150 valence electrons. The van der Waals surface area contributed by atoms with E-state index in [0.717, 1.165) is 12.0 Å². The monoisotopic (exact) mass is 447 g/mol. The molecule has 0 saturated carbocycles. The van der Waals surface area contributed by atoms with Gasteiger partial charge in [0, 0.05) is 22.5 Å². The molecule has 0 spiro atoms. The van der Waals surface area contributed by atoms with Gasteiger partial charge in [0.05, 0.1) is 5.70 Å². The Labute approximate surface area is 175 Å². The van der Waals surface area contributed by atoms with E-state index < -0.39 is 6.67 Å². The Morgan fingerprint density at radius 1 is 1.36 bits per heavy atom. The summed E-state index contributed by atoms with van der Waals surface area (Å²) >= 11 is 3.26. The summed E-state index contributed by atoms with van der Waals surface area (Å²) in [6.07, 6.45) is 7.59. The second kappa shape index (κ2) is 12.8. The predicted molar refractivity (Wildman–Crippen MR) is 120 cm³/mol. The molecule has 0 bridgehead atoms. The fourth-order valence-corrected chi connectivity index (χ4v) is 2.28. The first-order valence-corrected chi connectivity index (χ1v) is 9.80. The minimum Gasteiger partial charge on any atom is -0.325 e. The summed E-state index contributed by atoms with van der Waals surface area (Å²) < 4.78 is 14.4. The number of amides is 1. The van der Waals surface area contributed by atoms with E-state index in [9.17, 15) is 9.18 Å². The summed E-state index contributed by atoms with van der Waals surface area (Å²) in [6.45, 7) is 10.6. The molecule has 28 heavy (non-hydrogen) atoms. The van der Waals surface area contributed by atoms with Crippen LogP contribution in [0.2, 0.25) is 0 Å². The molecule has 0 fully saturated rings. The Kier molecular flexibility index (Phi) is 10.8. The van der Waals surface area contributed by atoms with Gasteiger partial charge in [-0.2, -0.15) is 5.10 Å². The summed E-state index contributed by atoms with van der Waals surface area (Å²) in [5.74, 6) is -0.0904. The second-order valence-electron chi connectivity index (χ2n) is 6.15. The van der Waals surface area contributed by atoms with Crippen molar-refractivity contribution in [3.8, 4) is 0 Å². The molecule has 1 aromatic carbocycles. The van der Waals surface area contributed by atoms with E-state index >= 15 is 0 Å². The Bertz CT molecular complexity index is 756. The fraction of sp³-hybridized carbons (Fsp3) is 0.273. The SMILES string of the molecule is C=CN(CC(=O)N/C(CF)=C(/C=C\C(=C)Br)c1ccccc1)/N=C\C(C)CC. The van der Waals surface area contributed by atoms with Crippen LogP contribution in [0.4, 0.5) is 4.39 Å². The van der Waals surface area contributed by atoms with Gasteiger partial charge < -0.3 is 5.32 Å². The van der Waals surface area contributed by atoms with Crippen LogP contribution in [-0.2, 0) is 4.79 Å². The number of hydrogen-bond acceptors (Lipinski definition) is 3. The summed E-state index contributed by atoms with van der Waals surface area (Å²) in [5, 5.41) is 8.32. The van der Waals surface area contributed by atoms with Crippen molar-refractivity contribution in [2.75, 3.05) is 13.2 Å². The number of carbonyl (C=O) groups is 1. The third-order valence-electron chi connectivity index (χ3n) is 3.89. The molecule has 0 aliphatic heterocycles. The van der Waals surface area contributed by atoms with E-state index in [1.54, 1.807) is 18.4 Å². The third kappa shape index (κ3) is 8.48. The molecule has 0 heterocycles. The van der Waals surface area contributed by atoms with Crippen LogP contribution >= 0.6 is 15.9 Å². The highest BCUT2D eigenvalue weighted by atomic mass is 79.9. The molecule has 0 saturated heterocycles. The summed E-state index contributed by atoms with van der Waals surface area (Å²) in [7, 11) is 0. The average Bonchev–Trinajstić information content (AvgIpc) is 2.70. The van der Waals surface area contributed by atoms with E-state index in [0.29, 0.717) is 16.0 Å². The molecule has 1 atom stereocenters. The van der Waals surface area contributed by atoms with Crippen LogP contribution in [-0.4, -0.2) is 30.4 Å². The molecule has 0 radical (unpaired) electrons. The number of benzene rings is 1. The van der Waals surface area contributed by atoms with E-state index in [2.05, 4.69) is 46.4 Å². The van der Waals surface area contributed by atoms with E-state index in [1.165, 1.54) is 11.2 Å². The van der Waals surface area contributed by atoms with E-state index in [4.69, 9.17) is 0 Å². The molecule has 1 rings (SSSR count). The quantitative estimate of drug-likeness (QED) is 0.279. The Morgan fingerprint density at radius 3 is 2.57 bits per heavy atom. The lowest BCUT2D eigenvalue weighted by molar-refractivity contribution is -0.121. The van der Waals surface area contributed by atoms with Crippen molar-refractivity contribution in [3.05, 3.63) is 77.6 Å². The van der Waals surface area contributed by atoms with Gasteiger partial charge in [0.2, 0.25) is 5.91 Å². The third-order valence-corrected chi connectivity index (χ3v) is 4.16. The molecule has 1 aromatic rings. The van der Waals surface area contributed by atoms with Gasteiger partial charge in [0.15, 0.2) is 0 Å². The average molecular weight is 448 g/mol. The number of nitrogens with one attached hydrogen (secondary N) is 1. The Balaban J connectivity index is 3.06. The van der Waals surface area contributed by atoms with Crippen LogP contribution in [0.15, 0.2) is 77.1 Å². The molecular weight excluding hydrogens is 421 g/mol. The lowest BCUT2D eigenvalue weighted by atomic mass is 10.0. The topological polar surface area (TPSA) is 44.7 Å².